The van der Waals surface area contributed by atoms with E-state index in [2.05, 4.69) is 26.5 Å². The second-order valence-electron chi connectivity index (χ2n) is 6.30. The Hall–Kier alpha value is -2.05. The maximum atomic E-state index is 12.1. The molecule has 0 heterocycles. The number of amides is 1. The van der Waals surface area contributed by atoms with Crippen molar-refractivity contribution in [3.63, 3.8) is 0 Å². The maximum absolute atomic E-state index is 12.1. The van der Waals surface area contributed by atoms with Crippen LogP contribution in [0.1, 0.15) is 16.7 Å². The van der Waals surface area contributed by atoms with Crippen molar-refractivity contribution < 1.29 is 9.53 Å². The summed E-state index contributed by atoms with van der Waals surface area (Å²) < 4.78 is 6.83. The quantitative estimate of drug-likeness (QED) is 0.276. The monoisotopic (exact) mass is 524 g/mol. The highest BCUT2D eigenvalue weighted by Gasteiger charge is 2.07. The van der Waals surface area contributed by atoms with Gasteiger partial charge >= 0.3 is 0 Å². The van der Waals surface area contributed by atoms with Crippen LogP contribution in [-0.2, 0) is 17.8 Å². The summed E-state index contributed by atoms with van der Waals surface area (Å²) in [4.78, 5) is 12.1. The molecule has 0 saturated heterocycles. The predicted molar refractivity (Wildman–Crippen MR) is 126 cm³/mol. The van der Waals surface area contributed by atoms with Gasteiger partial charge in [-0.05, 0) is 48.0 Å². The van der Waals surface area contributed by atoms with Crippen LogP contribution in [0.4, 0.5) is 0 Å². The molecule has 0 spiro atoms. The van der Waals surface area contributed by atoms with Gasteiger partial charge in [-0.3, -0.25) is 4.79 Å². The molecule has 0 aliphatic carbocycles. The summed E-state index contributed by atoms with van der Waals surface area (Å²) in [6.07, 6.45) is 1.71. The molecule has 154 valence electrons. The molecule has 0 atom stereocenters. The van der Waals surface area contributed by atoms with Gasteiger partial charge in [0.1, 0.15) is 12.4 Å². The van der Waals surface area contributed by atoms with Gasteiger partial charge in [0.05, 0.1) is 12.6 Å². The first-order valence-electron chi connectivity index (χ1n) is 8.83. The summed E-state index contributed by atoms with van der Waals surface area (Å²) in [5.41, 5.74) is 4.82. The summed E-state index contributed by atoms with van der Waals surface area (Å²) >= 11 is 21.6. The van der Waals surface area contributed by atoms with Crippen LogP contribution >= 0.6 is 50.7 Å². The molecule has 0 fully saturated rings. The fourth-order valence-electron chi connectivity index (χ4n) is 2.55. The molecule has 1 amide bonds. The average Bonchev–Trinajstić information content (AvgIpc) is 2.70. The lowest BCUT2D eigenvalue weighted by Gasteiger charge is -2.11. The van der Waals surface area contributed by atoms with Gasteiger partial charge in [-0.2, -0.15) is 5.10 Å². The predicted octanol–water partition coefficient (Wildman–Crippen LogP) is 6.68. The Morgan fingerprint density at radius 3 is 2.43 bits per heavy atom. The van der Waals surface area contributed by atoms with E-state index in [0.717, 1.165) is 15.6 Å². The van der Waals surface area contributed by atoms with Crippen molar-refractivity contribution in [3.8, 4) is 5.75 Å². The van der Waals surface area contributed by atoms with E-state index < -0.39 is 0 Å². The van der Waals surface area contributed by atoms with Crippen LogP contribution in [0.25, 0.3) is 0 Å². The summed E-state index contributed by atoms with van der Waals surface area (Å²) in [7, 11) is 0. The standard InChI is InChI=1S/C22H16BrCl3N2O2/c23-17-4-1-14(2-5-17)9-22(29)28-27-12-16-10-18(24)7-8-21(16)30-13-15-3-6-19(25)11-20(15)26/h1-8,10-12H,9,13H2,(H,28,29)/b27-12-. The van der Waals surface area contributed by atoms with Crippen LogP contribution < -0.4 is 10.2 Å². The maximum Gasteiger partial charge on any atom is 0.244 e. The van der Waals surface area contributed by atoms with E-state index in [9.17, 15) is 4.79 Å². The topological polar surface area (TPSA) is 50.7 Å². The first-order valence-corrected chi connectivity index (χ1v) is 10.8. The van der Waals surface area contributed by atoms with Crippen molar-refractivity contribution in [1.82, 2.24) is 5.43 Å². The second kappa shape index (κ2) is 10.8. The molecule has 0 aliphatic heterocycles. The largest absolute Gasteiger partial charge is 0.488 e. The zero-order valence-corrected chi connectivity index (χ0v) is 19.4. The Kier molecular flexibility index (Phi) is 8.16. The van der Waals surface area contributed by atoms with Gasteiger partial charge in [0.15, 0.2) is 0 Å². The van der Waals surface area contributed by atoms with Crippen LogP contribution in [0.3, 0.4) is 0 Å². The number of carbonyl (C=O) groups excluding carboxylic acids is 1. The number of hydrogen-bond acceptors (Lipinski definition) is 3. The van der Waals surface area contributed by atoms with E-state index in [-0.39, 0.29) is 18.9 Å². The number of benzene rings is 3. The Labute approximate surface area is 197 Å². The molecule has 3 aromatic rings. The van der Waals surface area contributed by atoms with Gasteiger partial charge in [-0.15, -0.1) is 0 Å². The van der Waals surface area contributed by atoms with E-state index >= 15 is 0 Å². The Morgan fingerprint density at radius 2 is 1.70 bits per heavy atom. The number of halogens is 4. The number of hydrazone groups is 1. The average molecular weight is 527 g/mol. The third-order valence-electron chi connectivity index (χ3n) is 4.04. The minimum atomic E-state index is -0.231. The molecule has 30 heavy (non-hydrogen) atoms. The molecule has 8 heteroatoms. The van der Waals surface area contributed by atoms with E-state index in [1.807, 2.05) is 24.3 Å². The number of rotatable bonds is 7. The van der Waals surface area contributed by atoms with Crippen LogP contribution in [0.15, 0.2) is 70.2 Å². The van der Waals surface area contributed by atoms with E-state index in [4.69, 9.17) is 39.5 Å². The molecule has 0 unspecified atom stereocenters. The van der Waals surface area contributed by atoms with Gasteiger partial charge in [-0.25, -0.2) is 5.43 Å². The molecule has 1 N–H and O–H groups in total. The Balaban J connectivity index is 1.64. The molecule has 0 radical (unpaired) electrons. The smallest absolute Gasteiger partial charge is 0.244 e. The highest BCUT2D eigenvalue weighted by atomic mass is 79.9. The minimum absolute atomic E-state index is 0.221. The van der Waals surface area contributed by atoms with E-state index in [0.29, 0.717) is 26.4 Å². The SMILES string of the molecule is O=C(Cc1ccc(Br)cc1)N/N=C\c1cc(Cl)ccc1OCc1ccc(Cl)cc1Cl. The van der Waals surface area contributed by atoms with Crippen molar-refractivity contribution in [3.05, 3.63) is 96.9 Å². The third-order valence-corrected chi connectivity index (χ3v) is 5.39. The molecular weight excluding hydrogens is 511 g/mol. The lowest BCUT2D eigenvalue weighted by molar-refractivity contribution is -0.120. The fourth-order valence-corrected chi connectivity index (χ4v) is 3.45. The zero-order chi connectivity index (χ0) is 21.5. The van der Waals surface area contributed by atoms with Crippen molar-refractivity contribution in [1.29, 1.82) is 0 Å². The molecule has 0 saturated carbocycles. The second-order valence-corrected chi connectivity index (χ2v) is 8.50. The van der Waals surface area contributed by atoms with E-state index in [1.165, 1.54) is 6.21 Å². The summed E-state index contributed by atoms with van der Waals surface area (Å²) in [6.45, 7) is 0.244. The molecule has 0 aromatic heterocycles. The van der Waals surface area contributed by atoms with Crippen LogP contribution in [-0.4, -0.2) is 12.1 Å². The molecule has 0 aliphatic rings. The molecule has 4 nitrogen and oxygen atoms in total. The van der Waals surface area contributed by atoms with Crippen LogP contribution in [0.2, 0.25) is 15.1 Å². The van der Waals surface area contributed by atoms with Gasteiger partial charge in [0.2, 0.25) is 5.91 Å². The third kappa shape index (κ3) is 6.74. The zero-order valence-electron chi connectivity index (χ0n) is 15.5. The normalized spacial score (nSPS) is 10.9. The molecule has 0 bridgehead atoms. The Morgan fingerprint density at radius 1 is 1.00 bits per heavy atom. The first kappa shape index (κ1) is 22.6. The van der Waals surface area contributed by atoms with Gasteiger partial charge in [-0.1, -0.05) is 68.9 Å². The molecular formula is C22H16BrCl3N2O2. The van der Waals surface area contributed by atoms with Gasteiger partial charge in [0.25, 0.3) is 0 Å². The van der Waals surface area contributed by atoms with Gasteiger partial charge < -0.3 is 4.74 Å². The Bertz CT molecular complexity index is 1070. The minimum Gasteiger partial charge on any atom is -0.488 e. The molecule has 3 rings (SSSR count). The number of nitrogens with one attached hydrogen (secondary N) is 1. The number of hydrogen-bond donors (Lipinski definition) is 1. The highest BCUT2D eigenvalue weighted by molar-refractivity contribution is 9.10. The number of carbonyl (C=O) groups is 1. The van der Waals surface area contributed by atoms with Crippen molar-refractivity contribution in [2.45, 2.75) is 13.0 Å². The fraction of sp³-hybridized carbons (Fsp3) is 0.0909. The lowest BCUT2D eigenvalue weighted by atomic mass is 10.1. The van der Waals surface area contributed by atoms with Crippen molar-refractivity contribution in [2.24, 2.45) is 5.10 Å². The number of nitrogens with zero attached hydrogens (tertiary/aromatic N) is 1. The highest BCUT2D eigenvalue weighted by Crippen LogP contribution is 2.25. The van der Waals surface area contributed by atoms with Crippen LogP contribution in [0.5, 0.6) is 5.75 Å². The summed E-state index contributed by atoms with van der Waals surface area (Å²) in [6, 6.07) is 17.9. The number of ether oxygens (including phenoxy) is 1. The summed E-state index contributed by atoms with van der Waals surface area (Å²) in [5.74, 6) is 0.322. The summed E-state index contributed by atoms with van der Waals surface area (Å²) in [5, 5.41) is 5.63. The van der Waals surface area contributed by atoms with Crippen molar-refractivity contribution >= 4 is 62.9 Å². The van der Waals surface area contributed by atoms with Crippen LogP contribution in [0, 0.1) is 0 Å². The van der Waals surface area contributed by atoms with E-state index in [1.54, 1.807) is 36.4 Å². The lowest BCUT2D eigenvalue weighted by Crippen LogP contribution is -2.19. The van der Waals surface area contributed by atoms with Crippen molar-refractivity contribution in [2.75, 3.05) is 0 Å². The first-order chi connectivity index (χ1) is 14.4. The van der Waals surface area contributed by atoms with Gasteiger partial charge in [0, 0.05) is 30.7 Å². The molecule has 3 aromatic carbocycles.